The fraction of sp³-hybridized carbons (Fsp3) is 0.0312. The van der Waals surface area contributed by atoms with Gasteiger partial charge in [-0.3, -0.25) is 4.79 Å². The van der Waals surface area contributed by atoms with E-state index < -0.39 is 18.2 Å². The summed E-state index contributed by atoms with van der Waals surface area (Å²) >= 11 is 12.2. The summed E-state index contributed by atoms with van der Waals surface area (Å²) in [5.41, 5.74) is 3.08. The Balaban J connectivity index is 1.40. The molecule has 0 aliphatic carbocycles. The monoisotopic (exact) mass is 584 g/mol. The fourth-order valence-electron chi connectivity index (χ4n) is 3.90. The van der Waals surface area contributed by atoms with E-state index in [0.717, 1.165) is 10.8 Å². The number of hydrogen-bond acceptors (Lipinski definition) is 6. The standard InChI is InChI=1S/C32H22Cl2N2O5/c33-22-16-17-26(28(34)19-22)31(38)41-29-18-15-21-9-7-8-14-25(21)27(29)20-35-36-30(37)32(39-23-10-3-1-4-11-23)40-24-12-5-2-6-13-24/h1-20,32H,(H,36,37)/b35-20-. The molecule has 0 spiro atoms. The van der Waals surface area contributed by atoms with Crippen molar-refractivity contribution in [1.29, 1.82) is 0 Å². The minimum atomic E-state index is -1.34. The van der Waals surface area contributed by atoms with Gasteiger partial charge in [-0.25, -0.2) is 10.2 Å². The zero-order valence-corrected chi connectivity index (χ0v) is 22.9. The molecule has 0 fully saturated rings. The molecule has 9 heteroatoms. The average molecular weight is 585 g/mol. The summed E-state index contributed by atoms with van der Waals surface area (Å²) in [5, 5.41) is 6.33. The van der Waals surface area contributed by atoms with E-state index >= 15 is 0 Å². The van der Waals surface area contributed by atoms with Crippen molar-refractivity contribution < 1.29 is 23.8 Å². The van der Waals surface area contributed by atoms with Crippen LogP contribution in [0.2, 0.25) is 10.0 Å². The van der Waals surface area contributed by atoms with Crippen molar-refractivity contribution in [2.24, 2.45) is 5.10 Å². The quantitative estimate of drug-likeness (QED) is 0.0645. The molecule has 0 unspecified atom stereocenters. The van der Waals surface area contributed by atoms with Crippen LogP contribution >= 0.6 is 23.2 Å². The van der Waals surface area contributed by atoms with Gasteiger partial charge in [0.25, 0.3) is 0 Å². The highest BCUT2D eigenvalue weighted by molar-refractivity contribution is 6.36. The molecule has 0 atom stereocenters. The Morgan fingerprint density at radius 3 is 2.05 bits per heavy atom. The van der Waals surface area contributed by atoms with Gasteiger partial charge >= 0.3 is 18.2 Å². The number of nitrogens with one attached hydrogen (secondary N) is 1. The van der Waals surface area contributed by atoms with E-state index in [-0.39, 0.29) is 16.3 Å². The summed E-state index contributed by atoms with van der Waals surface area (Å²) in [5.74, 6) is -0.224. The van der Waals surface area contributed by atoms with Crippen LogP contribution in [0, 0.1) is 0 Å². The third-order valence-electron chi connectivity index (χ3n) is 5.84. The van der Waals surface area contributed by atoms with Crippen LogP contribution in [0.15, 0.2) is 120 Å². The Morgan fingerprint density at radius 2 is 1.39 bits per heavy atom. The highest BCUT2D eigenvalue weighted by atomic mass is 35.5. The van der Waals surface area contributed by atoms with Gasteiger partial charge in [0.1, 0.15) is 17.2 Å². The molecule has 1 amide bonds. The van der Waals surface area contributed by atoms with Crippen molar-refractivity contribution in [3.63, 3.8) is 0 Å². The van der Waals surface area contributed by atoms with Crippen LogP contribution in [0.5, 0.6) is 17.2 Å². The maximum atomic E-state index is 13.1. The number of rotatable bonds is 9. The van der Waals surface area contributed by atoms with Crippen molar-refractivity contribution in [2.75, 3.05) is 0 Å². The second-order valence-corrected chi connectivity index (χ2v) is 9.48. The van der Waals surface area contributed by atoms with Crippen LogP contribution < -0.4 is 19.6 Å². The van der Waals surface area contributed by atoms with E-state index in [1.54, 1.807) is 60.7 Å². The van der Waals surface area contributed by atoms with Gasteiger partial charge in [-0.05, 0) is 59.3 Å². The van der Waals surface area contributed by atoms with Crippen LogP contribution in [-0.4, -0.2) is 24.4 Å². The molecule has 1 N–H and O–H groups in total. The number of hydrogen-bond donors (Lipinski definition) is 1. The second kappa shape index (κ2) is 13.0. The smallest absolute Gasteiger partial charge is 0.345 e. The van der Waals surface area contributed by atoms with Gasteiger partial charge in [0.05, 0.1) is 16.8 Å². The number of carbonyl (C=O) groups is 2. The fourth-order valence-corrected chi connectivity index (χ4v) is 4.38. The van der Waals surface area contributed by atoms with Crippen LogP contribution in [0.4, 0.5) is 0 Å². The summed E-state index contributed by atoms with van der Waals surface area (Å²) in [7, 11) is 0. The molecule has 204 valence electrons. The van der Waals surface area contributed by atoms with E-state index in [1.165, 1.54) is 18.3 Å². The molecule has 0 bridgehead atoms. The van der Waals surface area contributed by atoms with Gasteiger partial charge in [0, 0.05) is 10.6 Å². The second-order valence-electron chi connectivity index (χ2n) is 8.64. The largest absolute Gasteiger partial charge is 0.446 e. The van der Waals surface area contributed by atoms with Crippen LogP contribution in [0.3, 0.4) is 0 Å². The molecule has 5 rings (SSSR count). The number of halogens is 2. The third kappa shape index (κ3) is 7.03. The van der Waals surface area contributed by atoms with Gasteiger partial charge in [-0.1, -0.05) is 89.9 Å². The topological polar surface area (TPSA) is 86.2 Å². The maximum absolute atomic E-state index is 13.1. The lowest BCUT2D eigenvalue weighted by Gasteiger charge is -2.18. The molecule has 41 heavy (non-hydrogen) atoms. The molecule has 0 heterocycles. The number of carbonyl (C=O) groups excluding carboxylic acids is 2. The molecule has 0 radical (unpaired) electrons. The van der Waals surface area contributed by atoms with E-state index in [4.69, 9.17) is 37.4 Å². The first-order valence-corrected chi connectivity index (χ1v) is 13.2. The maximum Gasteiger partial charge on any atom is 0.345 e. The SMILES string of the molecule is O=C(Oc1ccc2ccccc2c1/C=N\NC(=O)C(Oc1ccccc1)Oc1ccccc1)c1ccc(Cl)cc1Cl. The zero-order chi connectivity index (χ0) is 28.6. The van der Waals surface area contributed by atoms with Crippen LogP contribution in [-0.2, 0) is 4.79 Å². The molecule has 5 aromatic carbocycles. The van der Waals surface area contributed by atoms with E-state index in [1.807, 2.05) is 42.5 Å². The van der Waals surface area contributed by atoms with Gasteiger partial charge < -0.3 is 14.2 Å². The number of hydrazone groups is 1. The number of para-hydroxylation sites is 2. The summed E-state index contributed by atoms with van der Waals surface area (Å²) in [4.78, 5) is 26.1. The lowest BCUT2D eigenvalue weighted by atomic mass is 10.0. The van der Waals surface area contributed by atoms with Gasteiger partial charge in [0.2, 0.25) is 0 Å². The van der Waals surface area contributed by atoms with Crippen LogP contribution in [0.25, 0.3) is 10.8 Å². The van der Waals surface area contributed by atoms with Crippen molar-refractivity contribution in [1.82, 2.24) is 5.43 Å². The van der Waals surface area contributed by atoms with Gasteiger partial charge in [-0.2, -0.15) is 5.10 Å². The number of fused-ring (bicyclic) bond motifs is 1. The van der Waals surface area contributed by atoms with E-state index in [9.17, 15) is 9.59 Å². The van der Waals surface area contributed by atoms with Gasteiger partial charge in [0.15, 0.2) is 0 Å². The number of amides is 1. The first-order valence-electron chi connectivity index (χ1n) is 12.4. The molecule has 0 aromatic heterocycles. The first-order chi connectivity index (χ1) is 20.0. The molecular weight excluding hydrogens is 563 g/mol. The van der Waals surface area contributed by atoms with Crippen molar-refractivity contribution in [3.8, 4) is 17.2 Å². The van der Waals surface area contributed by atoms with Crippen molar-refractivity contribution in [2.45, 2.75) is 6.29 Å². The Hall–Kier alpha value is -4.85. The molecular formula is C32H22Cl2N2O5. The highest BCUT2D eigenvalue weighted by Gasteiger charge is 2.23. The Labute approximate surface area is 245 Å². The lowest BCUT2D eigenvalue weighted by molar-refractivity contribution is -0.140. The Kier molecular flexibility index (Phi) is 8.79. The number of ether oxygens (including phenoxy) is 3. The predicted octanol–water partition coefficient (Wildman–Crippen LogP) is 7.30. The van der Waals surface area contributed by atoms with Crippen molar-refractivity contribution >= 4 is 52.1 Å². The third-order valence-corrected chi connectivity index (χ3v) is 6.39. The molecule has 0 saturated heterocycles. The summed E-state index contributed by atoms with van der Waals surface area (Å²) in [6.07, 6.45) is 0.0582. The normalized spacial score (nSPS) is 11.0. The number of nitrogens with zero attached hydrogens (tertiary/aromatic N) is 1. The molecule has 7 nitrogen and oxygen atoms in total. The van der Waals surface area contributed by atoms with E-state index in [0.29, 0.717) is 22.1 Å². The Bertz CT molecular complexity index is 1670. The first kappa shape index (κ1) is 27.7. The number of benzene rings is 5. The molecule has 0 aliphatic rings. The average Bonchev–Trinajstić information content (AvgIpc) is 2.98. The van der Waals surface area contributed by atoms with E-state index in [2.05, 4.69) is 10.5 Å². The lowest BCUT2D eigenvalue weighted by Crippen LogP contribution is -2.40. The molecule has 0 aliphatic heterocycles. The Morgan fingerprint density at radius 1 is 0.756 bits per heavy atom. The highest BCUT2D eigenvalue weighted by Crippen LogP contribution is 2.29. The molecule has 0 saturated carbocycles. The summed E-state index contributed by atoms with van der Waals surface area (Å²) in [6.45, 7) is 0. The summed E-state index contributed by atoms with van der Waals surface area (Å²) < 4.78 is 17.3. The van der Waals surface area contributed by atoms with Crippen molar-refractivity contribution in [3.05, 3.63) is 136 Å². The predicted molar refractivity (Wildman–Crippen MR) is 159 cm³/mol. The van der Waals surface area contributed by atoms with Gasteiger partial charge in [-0.15, -0.1) is 0 Å². The zero-order valence-electron chi connectivity index (χ0n) is 21.4. The minimum absolute atomic E-state index is 0.152. The number of esters is 1. The summed E-state index contributed by atoms with van der Waals surface area (Å²) in [6, 6.07) is 33.1. The minimum Gasteiger partial charge on any atom is -0.446 e. The van der Waals surface area contributed by atoms with Crippen LogP contribution in [0.1, 0.15) is 15.9 Å². The molecule has 5 aromatic rings.